The van der Waals surface area contributed by atoms with E-state index >= 15 is 0 Å². The van der Waals surface area contributed by atoms with E-state index in [1.54, 1.807) is 0 Å². The Bertz CT molecular complexity index is 387. The summed E-state index contributed by atoms with van der Waals surface area (Å²) in [6.07, 6.45) is 1.27. The highest BCUT2D eigenvalue weighted by molar-refractivity contribution is 5.36. The summed E-state index contributed by atoms with van der Waals surface area (Å²) in [6, 6.07) is 6.85. The fraction of sp³-hybridized carbons (Fsp3) is 0.647. The van der Waals surface area contributed by atoms with Crippen molar-refractivity contribution in [3.63, 3.8) is 0 Å². The van der Waals surface area contributed by atoms with Gasteiger partial charge in [0.2, 0.25) is 0 Å². The molecule has 0 fully saturated rings. The summed E-state index contributed by atoms with van der Waals surface area (Å²) < 4.78 is 6.07. The summed E-state index contributed by atoms with van der Waals surface area (Å²) in [5.41, 5.74) is 2.72. The number of benzene rings is 1. The van der Waals surface area contributed by atoms with Crippen LogP contribution in [-0.2, 0) is 0 Å². The standard InChI is InChI=1S/C17H29NO/c1-7-17(18-8-2)14(6)19-15-9-10-16(12(3)4)13(5)11-15/h9-12,14,17-18H,7-8H2,1-6H3. The van der Waals surface area contributed by atoms with E-state index in [0.29, 0.717) is 12.0 Å². The van der Waals surface area contributed by atoms with Gasteiger partial charge in [-0.05, 0) is 56.0 Å². The van der Waals surface area contributed by atoms with Crippen LogP contribution in [0.15, 0.2) is 18.2 Å². The number of nitrogens with one attached hydrogen (secondary N) is 1. The van der Waals surface area contributed by atoms with Gasteiger partial charge in [-0.3, -0.25) is 0 Å². The zero-order valence-corrected chi connectivity index (χ0v) is 13.3. The fourth-order valence-electron chi connectivity index (χ4n) is 2.57. The first kappa shape index (κ1) is 16.0. The first-order valence-corrected chi connectivity index (χ1v) is 7.50. The Morgan fingerprint density at radius 2 is 1.84 bits per heavy atom. The average Bonchev–Trinajstić information content (AvgIpc) is 2.35. The number of likely N-dealkylation sites (N-methyl/N-ethyl adjacent to an activating group) is 1. The highest BCUT2D eigenvalue weighted by atomic mass is 16.5. The molecular formula is C17H29NO. The Hall–Kier alpha value is -1.02. The lowest BCUT2D eigenvalue weighted by atomic mass is 9.98. The van der Waals surface area contributed by atoms with Gasteiger partial charge >= 0.3 is 0 Å². The smallest absolute Gasteiger partial charge is 0.120 e. The van der Waals surface area contributed by atoms with Crippen molar-refractivity contribution in [2.24, 2.45) is 0 Å². The minimum Gasteiger partial charge on any atom is -0.489 e. The SMILES string of the molecule is CCNC(CC)C(C)Oc1ccc(C(C)C)c(C)c1. The maximum Gasteiger partial charge on any atom is 0.120 e. The van der Waals surface area contributed by atoms with Crippen molar-refractivity contribution < 1.29 is 4.74 Å². The Labute approximate surface area is 118 Å². The molecule has 0 saturated heterocycles. The van der Waals surface area contributed by atoms with Crippen LogP contribution >= 0.6 is 0 Å². The zero-order chi connectivity index (χ0) is 14.4. The van der Waals surface area contributed by atoms with Gasteiger partial charge in [-0.25, -0.2) is 0 Å². The van der Waals surface area contributed by atoms with Gasteiger partial charge in [-0.1, -0.05) is 33.8 Å². The van der Waals surface area contributed by atoms with Gasteiger partial charge in [-0.2, -0.15) is 0 Å². The van der Waals surface area contributed by atoms with E-state index in [1.807, 2.05) is 0 Å². The van der Waals surface area contributed by atoms with Crippen molar-refractivity contribution in [2.75, 3.05) is 6.54 Å². The minimum atomic E-state index is 0.189. The quantitative estimate of drug-likeness (QED) is 0.793. The lowest BCUT2D eigenvalue weighted by Crippen LogP contribution is -2.40. The van der Waals surface area contributed by atoms with Crippen molar-refractivity contribution in [3.8, 4) is 5.75 Å². The van der Waals surface area contributed by atoms with Crippen molar-refractivity contribution >= 4 is 0 Å². The molecule has 1 aromatic carbocycles. The van der Waals surface area contributed by atoms with Crippen molar-refractivity contribution in [3.05, 3.63) is 29.3 Å². The van der Waals surface area contributed by atoms with Gasteiger partial charge in [0.05, 0.1) is 0 Å². The molecule has 0 spiro atoms. The normalized spacial score (nSPS) is 14.5. The average molecular weight is 263 g/mol. The molecule has 0 bridgehead atoms. The third-order valence-corrected chi connectivity index (χ3v) is 3.66. The first-order chi connectivity index (χ1) is 8.99. The molecule has 1 aromatic rings. The van der Waals surface area contributed by atoms with E-state index in [1.165, 1.54) is 11.1 Å². The third kappa shape index (κ3) is 4.54. The summed E-state index contributed by atoms with van der Waals surface area (Å²) in [4.78, 5) is 0. The lowest BCUT2D eigenvalue weighted by molar-refractivity contribution is 0.168. The van der Waals surface area contributed by atoms with Gasteiger partial charge in [0, 0.05) is 6.04 Å². The topological polar surface area (TPSA) is 21.3 Å². The molecule has 0 aliphatic rings. The minimum absolute atomic E-state index is 0.189. The van der Waals surface area contributed by atoms with Crippen molar-refractivity contribution in [2.45, 2.75) is 66.0 Å². The molecule has 19 heavy (non-hydrogen) atoms. The van der Waals surface area contributed by atoms with Crippen LogP contribution in [0, 0.1) is 6.92 Å². The second kappa shape index (κ2) is 7.54. The Morgan fingerprint density at radius 3 is 2.32 bits per heavy atom. The summed E-state index contributed by atoms with van der Waals surface area (Å²) in [5, 5.41) is 3.47. The summed E-state index contributed by atoms with van der Waals surface area (Å²) in [5.74, 6) is 1.54. The second-order valence-corrected chi connectivity index (χ2v) is 5.57. The van der Waals surface area contributed by atoms with Gasteiger partial charge in [0.25, 0.3) is 0 Å². The monoisotopic (exact) mass is 263 g/mol. The summed E-state index contributed by atoms with van der Waals surface area (Å²) in [6.45, 7) is 14.1. The van der Waals surface area contributed by atoms with Crippen LogP contribution in [0.2, 0.25) is 0 Å². The first-order valence-electron chi connectivity index (χ1n) is 7.50. The number of hydrogen-bond acceptors (Lipinski definition) is 2. The molecule has 2 heteroatoms. The maximum atomic E-state index is 6.07. The highest BCUT2D eigenvalue weighted by Crippen LogP contribution is 2.24. The number of rotatable bonds is 7. The van der Waals surface area contributed by atoms with Crippen LogP contribution in [-0.4, -0.2) is 18.7 Å². The van der Waals surface area contributed by atoms with Gasteiger partial charge in [0.1, 0.15) is 11.9 Å². The number of aryl methyl sites for hydroxylation is 1. The fourth-order valence-corrected chi connectivity index (χ4v) is 2.57. The summed E-state index contributed by atoms with van der Waals surface area (Å²) in [7, 11) is 0. The Kier molecular flexibility index (Phi) is 6.36. The van der Waals surface area contributed by atoms with E-state index in [0.717, 1.165) is 18.7 Å². The molecule has 0 aromatic heterocycles. The zero-order valence-electron chi connectivity index (χ0n) is 13.3. The predicted octanol–water partition coefficient (Wildman–Crippen LogP) is 4.27. The lowest BCUT2D eigenvalue weighted by Gasteiger charge is -2.25. The van der Waals surface area contributed by atoms with Crippen LogP contribution < -0.4 is 10.1 Å². The molecule has 1 rings (SSSR count). The molecule has 0 aliphatic heterocycles. The van der Waals surface area contributed by atoms with E-state index in [2.05, 4.69) is 65.1 Å². The molecule has 0 saturated carbocycles. The van der Waals surface area contributed by atoms with Crippen LogP contribution in [0.5, 0.6) is 5.75 Å². The van der Waals surface area contributed by atoms with Gasteiger partial charge < -0.3 is 10.1 Å². The Morgan fingerprint density at radius 1 is 1.16 bits per heavy atom. The molecule has 2 atom stereocenters. The largest absolute Gasteiger partial charge is 0.489 e. The maximum absolute atomic E-state index is 6.07. The van der Waals surface area contributed by atoms with Gasteiger partial charge in [0.15, 0.2) is 0 Å². The molecule has 2 unspecified atom stereocenters. The highest BCUT2D eigenvalue weighted by Gasteiger charge is 2.16. The molecule has 0 heterocycles. The van der Waals surface area contributed by atoms with Crippen LogP contribution in [0.25, 0.3) is 0 Å². The molecule has 108 valence electrons. The van der Waals surface area contributed by atoms with E-state index in [-0.39, 0.29) is 6.10 Å². The van der Waals surface area contributed by atoms with E-state index in [9.17, 15) is 0 Å². The van der Waals surface area contributed by atoms with E-state index in [4.69, 9.17) is 4.74 Å². The second-order valence-electron chi connectivity index (χ2n) is 5.57. The molecule has 1 N–H and O–H groups in total. The van der Waals surface area contributed by atoms with E-state index < -0.39 is 0 Å². The molecule has 2 nitrogen and oxygen atoms in total. The van der Waals surface area contributed by atoms with Crippen molar-refractivity contribution in [1.82, 2.24) is 5.32 Å². The Balaban J connectivity index is 2.74. The number of hydrogen-bond donors (Lipinski definition) is 1. The third-order valence-electron chi connectivity index (χ3n) is 3.66. The van der Waals surface area contributed by atoms with Crippen LogP contribution in [0.1, 0.15) is 58.1 Å². The molecule has 0 aliphatic carbocycles. The van der Waals surface area contributed by atoms with Crippen LogP contribution in [0.4, 0.5) is 0 Å². The molecule has 0 radical (unpaired) electrons. The van der Waals surface area contributed by atoms with Crippen molar-refractivity contribution in [1.29, 1.82) is 0 Å². The van der Waals surface area contributed by atoms with Gasteiger partial charge in [-0.15, -0.1) is 0 Å². The summed E-state index contributed by atoms with van der Waals surface area (Å²) >= 11 is 0. The predicted molar refractivity (Wildman–Crippen MR) is 83.1 cm³/mol. The molecular weight excluding hydrogens is 234 g/mol. The number of ether oxygens (including phenoxy) is 1. The van der Waals surface area contributed by atoms with Crippen LogP contribution in [0.3, 0.4) is 0 Å². The molecule has 0 amide bonds.